The molecule has 3 heterocycles. The van der Waals surface area contributed by atoms with E-state index in [-0.39, 0.29) is 11.9 Å². The van der Waals surface area contributed by atoms with Crippen molar-refractivity contribution >= 4 is 11.9 Å². The fourth-order valence-electron chi connectivity index (χ4n) is 3.30. The molecular formula is C17H24N6O2. The van der Waals surface area contributed by atoms with Crippen LogP contribution in [0.3, 0.4) is 0 Å². The Morgan fingerprint density at radius 1 is 1.32 bits per heavy atom. The quantitative estimate of drug-likeness (QED) is 0.906. The third-order valence-corrected chi connectivity index (χ3v) is 4.58. The molecule has 1 N–H and O–H groups in total. The van der Waals surface area contributed by atoms with Crippen molar-refractivity contribution in [1.82, 2.24) is 24.6 Å². The Hall–Kier alpha value is -2.48. The van der Waals surface area contributed by atoms with Crippen molar-refractivity contribution in [2.75, 3.05) is 32.1 Å². The van der Waals surface area contributed by atoms with Crippen molar-refractivity contribution in [3.8, 4) is 0 Å². The van der Waals surface area contributed by atoms with E-state index in [1.54, 1.807) is 13.1 Å². The highest BCUT2D eigenvalue weighted by Crippen LogP contribution is 2.30. The number of morpholine rings is 1. The van der Waals surface area contributed by atoms with Gasteiger partial charge in [0.25, 0.3) is 5.91 Å². The minimum atomic E-state index is -0.164. The Labute approximate surface area is 147 Å². The number of nitrogens with one attached hydrogen (secondary N) is 1. The molecule has 0 spiro atoms. The van der Waals surface area contributed by atoms with Gasteiger partial charge in [-0.1, -0.05) is 0 Å². The molecule has 8 heteroatoms. The minimum absolute atomic E-state index is 0.113. The van der Waals surface area contributed by atoms with E-state index in [2.05, 4.69) is 20.4 Å². The molecule has 1 amide bonds. The maximum absolute atomic E-state index is 13.2. The molecule has 1 atom stereocenters. The molecule has 0 radical (unpaired) electrons. The molecule has 0 saturated carbocycles. The summed E-state index contributed by atoms with van der Waals surface area (Å²) < 4.78 is 7.51. The highest BCUT2D eigenvalue weighted by molar-refractivity contribution is 5.93. The number of carbonyl (C=O) groups excluding carboxylic acids is 1. The van der Waals surface area contributed by atoms with Gasteiger partial charge in [0, 0.05) is 37.6 Å². The predicted molar refractivity (Wildman–Crippen MR) is 93.6 cm³/mol. The summed E-state index contributed by atoms with van der Waals surface area (Å²) in [5.74, 6) is 0.333. The van der Waals surface area contributed by atoms with Crippen molar-refractivity contribution in [2.24, 2.45) is 7.05 Å². The lowest BCUT2D eigenvalue weighted by Gasteiger charge is -2.36. The fraction of sp³-hybridized carbons (Fsp3) is 0.529. The van der Waals surface area contributed by atoms with E-state index < -0.39 is 0 Å². The van der Waals surface area contributed by atoms with Crippen LogP contribution in [0, 0.1) is 20.8 Å². The van der Waals surface area contributed by atoms with Crippen LogP contribution in [0.25, 0.3) is 0 Å². The monoisotopic (exact) mass is 344 g/mol. The lowest BCUT2D eigenvalue weighted by Crippen LogP contribution is -2.44. The van der Waals surface area contributed by atoms with E-state index in [9.17, 15) is 4.79 Å². The number of aryl methyl sites for hydroxylation is 3. The van der Waals surface area contributed by atoms with Gasteiger partial charge in [-0.3, -0.25) is 9.48 Å². The summed E-state index contributed by atoms with van der Waals surface area (Å²) in [6, 6.07) is 1.56. The zero-order chi connectivity index (χ0) is 18.1. The Balaban J connectivity index is 1.98. The lowest BCUT2D eigenvalue weighted by atomic mass is 10.0. The summed E-state index contributed by atoms with van der Waals surface area (Å²) in [4.78, 5) is 23.6. The van der Waals surface area contributed by atoms with Crippen LogP contribution in [0.5, 0.6) is 0 Å². The van der Waals surface area contributed by atoms with Crippen LogP contribution in [0.1, 0.15) is 39.2 Å². The van der Waals surface area contributed by atoms with E-state index in [1.807, 2.05) is 37.4 Å². The molecule has 0 bridgehead atoms. The molecule has 1 aliphatic rings. The molecule has 0 aliphatic carbocycles. The van der Waals surface area contributed by atoms with Gasteiger partial charge in [-0.05, 0) is 26.8 Å². The Morgan fingerprint density at radius 3 is 2.72 bits per heavy atom. The van der Waals surface area contributed by atoms with E-state index in [1.165, 1.54) is 0 Å². The highest BCUT2D eigenvalue weighted by Gasteiger charge is 2.33. The number of anilines is 1. The molecule has 1 unspecified atom stereocenters. The molecule has 0 aromatic carbocycles. The van der Waals surface area contributed by atoms with Crippen LogP contribution < -0.4 is 5.32 Å². The second-order valence-electron chi connectivity index (χ2n) is 6.27. The number of hydrogen-bond donors (Lipinski definition) is 1. The topological polar surface area (TPSA) is 85.2 Å². The first kappa shape index (κ1) is 17.3. The predicted octanol–water partition coefficient (Wildman–Crippen LogP) is 1.39. The van der Waals surface area contributed by atoms with Gasteiger partial charge in [-0.2, -0.15) is 5.10 Å². The molecule has 1 aliphatic heterocycles. The largest absolute Gasteiger partial charge is 0.377 e. The van der Waals surface area contributed by atoms with Gasteiger partial charge in [0.1, 0.15) is 5.69 Å². The maximum atomic E-state index is 13.2. The highest BCUT2D eigenvalue weighted by atomic mass is 16.5. The van der Waals surface area contributed by atoms with Gasteiger partial charge in [-0.25, -0.2) is 9.97 Å². The third kappa shape index (κ3) is 3.21. The smallest absolute Gasteiger partial charge is 0.273 e. The zero-order valence-corrected chi connectivity index (χ0v) is 15.3. The first-order valence-electron chi connectivity index (χ1n) is 8.34. The number of nitrogens with zero attached hydrogens (tertiary/aromatic N) is 5. The first-order chi connectivity index (χ1) is 11.9. The Bertz CT molecular complexity index is 801. The van der Waals surface area contributed by atoms with Crippen LogP contribution in [0.2, 0.25) is 0 Å². The average Bonchev–Trinajstić information content (AvgIpc) is 2.85. The standard InChI is InChI=1S/C17H24N6O2/c1-10-8-13(20-17(18-4)19-10)16(24)23-6-7-25-9-14(23)15-11(2)21-22(5)12(15)3/h8,14H,6-7,9H2,1-5H3,(H,18,19,20). The van der Waals surface area contributed by atoms with E-state index in [0.717, 1.165) is 22.6 Å². The summed E-state index contributed by atoms with van der Waals surface area (Å²) in [7, 11) is 3.65. The lowest BCUT2D eigenvalue weighted by molar-refractivity contribution is -0.00336. The van der Waals surface area contributed by atoms with E-state index in [4.69, 9.17) is 4.74 Å². The summed E-state index contributed by atoms with van der Waals surface area (Å²) >= 11 is 0. The van der Waals surface area contributed by atoms with Crippen molar-refractivity contribution in [3.63, 3.8) is 0 Å². The fourth-order valence-corrected chi connectivity index (χ4v) is 3.30. The molecule has 2 aromatic heterocycles. The van der Waals surface area contributed by atoms with E-state index in [0.29, 0.717) is 31.4 Å². The normalized spacial score (nSPS) is 17.6. The third-order valence-electron chi connectivity index (χ3n) is 4.58. The van der Waals surface area contributed by atoms with Crippen LogP contribution in [-0.4, -0.2) is 57.4 Å². The summed E-state index contributed by atoms with van der Waals surface area (Å²) in [5.41, 5.74) is 4.16. The number of ether oxygens (including phenoxy) is 1. The Kier molecular flexibility index (Phi) is 4.71. The number of hydrogen-bond acceptors (Lipinski definition) is 6. The summed E-state index contributed by atoms with van der Waals surface area (Å²) in [5, 5.41) is 7.38. The second kappa shape index (κ2) is 6.79. The number of carbonyl (C=O) groups is 1. The van der Waals surface area contributed by atoms with Gasteiger partial charge in [-0.15, -0.1) is 0 Å². The molecule has 134 valence electrons. The van der Waals surface area contributed by atoms with Crippen LogP contribution >= 0.6 is 0 Å². The number of rotatable bonds is 3. The van der Waals surface area contributed by atoms with Crippen LogP contribution in [-0.2, 0) is 11.8 Å². The molecule has 1 saturated heterocycles. The molecule has 25 heavy (non-hydrogen) atoms. The van der Waals surface area contributed by atoms with Crippen molar-refractivity contribution in [3.05, 3.63) is 34.4 Å². The second-order valence-corrected chi connectivity index (χ2v) is 6.27. The SMILES string of the molecule is CNc1nc(C)cc(C(=O)N2CCOCC2c2c(C)nn(C)c2C)n1. The van der Waals surface area contributed by atoms with Crippen molar-refractivity contribution in [1.29, 1.82) is 0 Å². The molecule has 2 aromatic rings. The van der Waals surface area contributed by atoms with Crippen LogP contribution in [0.4, 0.5) is 5.95 Å². The maximum Gasteiger partial charge on any atom is 0.273 e. The first-order valence-corrected chi connectivity index (χ1v) is 8.34. The summed E-state index contributed by atoms with van der Waals surface area (Å²) in [6.07, 6.45) is 0. The van der Waals surface area contributed by atoms with Gasteiger partial charge >= 0.3 is 0 Å². The zero-order valence-electron chi connectivity index (χ0n) is 15.3. The molecule has 8 nitrogen and oxygen atoms in total. The minimum Gasteiger partial charge on any atom is -0.377 e. The van der Waals surface area contributed by atoms with Crippen molar-refractivity contribution in [2.45, 2.75) is 26.8 Å². The molecular weight excluding hydrogens is 320 g/mol. The number of aromatic nitrogens is 4. The van der Waals surface area contributed by atoms with Crippen molar-refractivity contribution < 1.29 is 9.53 Å². The van der Waals surface area contributed by atoms with Gasteiger partial charge in [0.15, 0.2) is 0 Å². The van der Waals surface area contributed by atoms with Gasteiger partial charge < -0.3 is 15.0 Å². The Morgan fingerprint density at radius 2 is 2.08 bits per heavy atom. The van der Waals surface area contributed by atoms with Gasteiger partial charge in [0.2, 0.25) is 5.95 Å². The molecule has 3 rings (SSSR count). The number of amides is 1. The van der Waals surface area contributed by atoms with E-state index >= 15 is 0 Å². The van der Waals surface area contributed by atoms with Crippen LogP contribution in [0.15, 0.2) is 6.07 Å². The average molecular weight is 344 g/mol. The van der Waals surface area contributed by atoms with Gasteiger partial charge in [0.05, 0.1) is 24.9 Å². The molecule has 1 fully saturated rings. The summed E-state index contributed by atoms with van der Waals surface area (Å²) in [6.45, 7) is 7.33.